The number of carbonyl (C=O) groups excluding carboxylic acids is 2. The highest BCUT2D eigenvalue weighted by atomic mass is 16.3. The first-order valence-electron chi connectivity index (χ1n) is 9.48. The normalized spacial score (nSPS) is 48.8. The highest BCUT2D eigenvalue weighted by Gasteiger charge is 2.65. The molecule has 0 radical (unpaired) electrons. The molecule has 0 heterocycles. The SMILES string of the molecule is CC(=O)[C@@]1(O)CC[C@H]2C3=CC=C4CC(=O)CC[C@]4(C)[C@H]3C(O)C[C@@]21C. The molecular weight excluding hydrogens is 316 g/mol. The van der Waals surface area contributed by atoms with Gasteiger partial charge in [-0.25, -0.2) is 0 Å². The summed E-state index contributed by atoms with van der Waals surface area (Å²) >= 11 is 0. The lowest BCUT2D eigenvalue weighted by Gasteiger charge is -2.56. The molecule has 0 aromatic rings. The largest absolute Gasteiger partial charge is 0.392 e. The lowest BCUT2D eigenvalue weighted by molar-refractivity contribution is -0.157. The fourth-order valence-corrected chi connectivity index (χ4v) is 6.54. The predicted molar refractivity (Wildman–Crippen MR) is 93.7 cm³/mol. The van der Waals surface area contributed by atoms with Crippen molar-refractivity contribution in [1.29, 1.82) is 0 Å². The van der Waals surface area contributed by atoms with Crippen LogP contribution in [0.2, 0.25) is 0 Å². The summed E-state index contributed by atoms with van der Waals surface area (Å²) in [7, 11) is 0. The lowest BCUT2D eigenvalue weighted by Crippen LogP contribution is -2.58. The molecule has 0 aliphatic heterocycles. The number of carbonyl (C=O) groups is 2. The highest BCUT2D eigenvalue weighted by Crippen LogP contribution is 2.65. The Morgan fingerprint density at radius 3 is 2.64 bits per heavy atom. The molecule has 4 aliphatic carbocycles. The van der Waals surface area contributed by atoms with E-state index in [0.717, 1.165) is 18.4 Å². The van der Waals surface area contributed by atoms with Gasteiger partial charge >= 0.3 is 0 Å². The molecule has 2 N–H and O–H groups in total. The third-order valence-electron chi connectivity index (χ3n) is 8.08. The Kier molecular flexibility index (Phi) is 3.53. The fraction of sp³-hybridized carbons (Fsp3) is 0.714. The lowest BCUT2D eigenvalue weighted by atomic mass is 9.49. The third-order valence-corrected chi connectivity index (χ3v) is 8.08. The maximum Gasteiger partial charge on any atom is 0.161 e. The number of Topliss-reactive ketones (excluding diaryl/α,β-unsaturated/α-hetero) is 2. The van der Waals surface area contributed by atoms with Crippen LogP contribution in [-0.2, 0) is 9.59 Å². The number of aliphatic hydroxyl groups is 2. The molecule has 0 aromatic heterocycles. The Morgan fingerprint density at radius 2 is 1.96 bits per heavy atom. The Balaban J connectivity index is 1.81. The smallest absolute Gasteiger partial charge is 0.161 e. The number of ketones is 2. The van der Waals surface area contributed by atoms with Crippen LogP contribution in [0.15, 0.2) is 23.3 Å². The van der Waals surface area contributed by atoms with Gasteiger partial charge < -0.3 is 10.2 Å². The average molecular weight is 344 g/mol. The molecule has 0 spiro atoms. The van der Waals surface area contributed by atoms with Crippen LogP contribution in [-0.4, -0.2) is 33.5 Å². The van der Waals surface area contributed by atoms with E-state index < -0.39 is 17.1 Å². The molecule has 1 unspecified atom stereocenters. The molecule has 0 saturated heterocycles. The molecule has 0 bridgehead atoms. The maximum atomic E-state index is 12.2. The van der Waals surface area contributed by atoms with Crippen LogP contribution in [0.5, 0.6) is 0 Å². The van der Waals surface area contributed by atoms with Crippen molar-refractivity contribution in [2.24, 2.45) is 22.7 Å². The molecule has 6 atom stereocenters. The summed E-state index contributed by atoms with van der Waals surface area (Å²) in [5.41, 5.74) is 0.166. The molecule has 4 heteroatoms. The van der Waals surface area contributed by atoms with E-state index >= 15 is 0 Å². The second kappa shape index (κ2) is 5.14. The molecule has 4 nitrogen and oxygen atoms in total. The molecule has 0 amide bonds. The minimum Gasteiger partial charge on any atom is -0.392 e. The Morgan fingerprint density at radius 1 is 1.24 bits per heavy atom. The van der Waals surface area contributed by atoms with E-state index in [1.54, 1.807) is 0 Å². The molecule has 25 heavy (non-hydrogen) atoms. The number of allylic oxidation sites excluding steroid dienone is 3. The van der Waals surface area contributed by atoms with Crippen molar-refractivity contribution >= 4 is 11.6 Å². The number of aliphatic hydroxyl groups excluding tert-OH is 1. The quantitative estimate of drug-likeness (QED) is 0.767. The van der Waals surface area contributed by atoms with Gasteiger partial charge in [-0.05, 0) is 43.9 Å². The van der Waals surface area contributed by atoms with Crippen LogP contribution in [0.1, 0.15) is 59.3 Å². The predicted octanol–water partition coefficient (Wildman–Crippen LogP) is 2.73. The first-order valence-corrected chi connectivity index (χ1v) is 9.48. The van der Waals surface area contributed by atoms with Crippen LogP contribution in [0.3, 0.4) is 0 Å². The molecular formula is C21H28O4. The van der Waals surface area contributed by atoms with Crippen molar-refractivity contribution < 1.29 is 19.8 Å². The minimum absolute atomic E-state index is 0.00650. The molecule has 136 valence electrons. The zero-order valence-electron chi connectivity index (χ0n) is 15.3. The van der Waals surface area contributed by atoms with Crippen LogP contribution in [0.25, 0.3) is 0 Å². The summed E-state index contributed by atoms with van der Waals surface area (Å²) < 4.78 is 0. The van der Waals surface area contributed by atoms with Gasteiger partial charge in [-0.2, -0.15) is 0 Å². The molecule has 4 aliphatic rings. The first-order chi connectivity index (χ1) is 11.6. The third kappa shape index (κ3) is 2.01. The summed E-state index contributed by atoms with van der Waals surface area (Å²) in [6.45, 7) is 5.62. The standard InChI is InChI=1S/C21H28O4/c1-12(22)21(25)9-7-16-15-5-4-13-10-14(23)6-8-19(13,2)18(15)17(24)11-20(16,21)3/h4-5,16-18,24-25H,6-11H2,1-3H3/t16-,17?,18+,19-,20-,21-/m0/s1. The number of rotatable bonds is 1. The summed E-state index contributed by atoms with van der Waals surface area (Å²) in [4.78, 5) is 24.1. The zero-order chi connectivity index (χ0) is 18.2. The van der Waals surface area contributed by atoms with Crippen molar-refractivity contribution in [3.8, 4) is 0 Å². The van der Waals surface area contributed by atoms with Crippen molar-refractivity contribution in [3.63, 3.8) is 0 Å². The van der Waals surface area contributed by atoms with E-state index in [2.05, 4.69) is 19.1 Å². The van der Waals surface area contributed by atoms with Gasteiger partial charge in [-0.3, -0.25) is 9.59 Å². The average Bonchev–Trinajstić information content (AvgIpc) is 2.80. The van der Waals surface area contributed by atoms with Gasteiger partial charge in [0.2, 0.25) is 0 Å². The van der Waals surface area contributed by atoms with Gasteiger partial charge in [0, 0.05) is 24.2 Å². The van der Waals surface area contributed by atoms with E-state index in [1.807, 2.05) is 6.92 Å². The van der Waals surface area contributed by atoms with Gasteiger partial charge in [0.1, 0.15) is 11.4 Å². The van der Waals surface area contributed by atoms with Crippen LogP contribution >= 0.6 is 0 Å². The Hall–Kier alpha value is -1.26. The summed E-state index contributed by atoms with van der Waals surface area (Å²) in [6.07, 6.45) is 7.07. The van der Waals surface area contributed by atoms with Gasteiger partial charge in [-0.1, -0.05) is 37.1 Å². The highest BCUT2D eigenvalue weighted by molar-refractivity contribution is 5.86. The molecule has 3 saturated carbocycles. The van der Waals surface area contributed by atoms with Crippen molar-refractivity contribution in [3.05, 3.63) is 23.3 Å². The van der Waals surface area contributed by atoms with Crippen LogP contribution in [0.4, 0.5) is 0 Å². The molecule has 0 aromatic carbocycles. The van der Waals surface area contributed by atoms with Crippen LogP contribution in [0, 0.1) is 22.7 Å². The molecule has 4 rings (SSSR count). The fourth-order valence-electron chi connectivity index (χ4n) is 6.54. The maximum absolute atomic E-state index is 12.2. The van der Waals surface area contributed by atoms with E-state index in [4.69, 9.17) is 0 Å². The van der Waals surface area contributed by atoms with Crippen molar-refractivity contribution in [2.75, 3.05) is 0 Å². The van der Waals surface area contributed by atoms with Gasteiger partial charge in [-0.15, -0.1) is 0 Å². The zero-order valence-corrected chi connectivity index (χ0v) is 15.3. The second-order valence-electron chi connectivity index (χ2n) is 9.17. The topological polar surface area (TPSA) is 74.6 Å². The number of hydrogen-bond acceptors (Lipinski definition) is 4. The van der Waals surface area contributed by atoms with Crippen LogP contribution < -0.4 is 0 Å². The Labute approximate surface area is 149 Å². The minimum atomic E-state index is -1.35. The second-order valence-corrected chi connectivity index (χ2v) is 9.17. The van der Waals surface area contributed by atoms with E-state index in [9.17, 15) is 19.8 Å². The Bertz CT molecular complexity index is 719. The summed E-state index contributed by atoms with van der Waals surface area (Å²) in [5, 5.41) is 22.2. The summed E-state index contributed by atoms with van der Waals surface area (Å²) in [5.74, 6) is 0.197. The number of hydrogen-bond donors (Lipinski definition) is 2. The monoisotopic (exact) mass is 344 g/mol. The summed E-state index contributed by atoms with van der Waals surface area (Å²) in [6, 6.07) is 0. The van der Waals surface area contributed by atoms with Gasteiger partial charge in [0.25, 0.3) is 0 Å². The first kappa shape index (κ1) is 17.2. The number of fused-ring (bicyclic) bond motifs is 5. The van der Waals surface area contributed by atoms with Crippen molar-refractivity contribution in [2.45, 2.75) is 71.0 Å². The van der Waals surface area contributed by atoms with E-state index in [-0.39, 0.29) is 28.8 Å². The van der Waals surface area contributed by atoms with Gasteiger partial charge in [0.15, 0.2) is 5.78 Å². The molecule has 3 fully saturated rings. The van der Waals surface area contributed by atoms with Crippen molar-refractivity contribution in [1.82, 2.24) is 0 Å². The van der Waals surface area contributed by atoms with E-state index in [1.165, 1.54) is 12.5 Å². The van der Waals surface area contributed by atoms with E-state index in [0.29, 0.717) is 25.7 Å². The van der Waals surface area contributed by atoms with Gasteiger partial charge in [0.05, 0.1) is 6.10 Å².